The predicted octanol–water partition coefficient (Wildman–Crippen LogP) is 4.03. The van der Waals surface area contributed by atoms with Gasteiger partial charge in [-0.05, 0) is 44.9 Å². The predicted molar refractivity (Wildman–Crippen MR) is 119 cm³/mol. The molecule has 0 bridgehead atoms. The zero-order valence-electron chi connectivity index (χ0n) is 18.8. The van der Waals surface area contributed by atoms with Gasteiger partial charge in [-0.3, -0.25) is 19.2 Å². The molecule has 8 nitrogen and oxygen atoms in total. The number of hydrogen-bond donors (Lipinski definition) is 0. The monoisotopic (exact) mass is 426 g/mol. The minimum Gasteiger partial charge on any atom is -0.446 e. The van der Waals surface area contributed by atoms with Crippen molar-refractivity contribution in [2.24, 2.45) is 0 Å². The van der Waals surface area contributed by atoms with Crippen LogP contribution in [0.25, 0.3) is 11.1 Å². The summed E-state index contributed by atoms with van der Waals surface area (Å²) >= 11 is 0. The molecule has 0 aliphatic carbocycles. The molecule has 1 aromatic heterocycles. The van der Waals surface area contributed by atoms with Crippen LogP contribution in [0.3, 0.4) is 0 Å². The van der Waals surface area contributed by atoms with Crippen molar-refractivity contribution in [3.05, 3.63) is 30.6 Å². The van der Waals surface area contributed by atoms with Gasteiger partial charge in [0, 0.05) is 31.6 Å². The minimum atomic E-state index is -0.440. The summed E-state index contributed by atoms with van der Waals surface area (Å²) in [4.78, 5) is 40.3. The molecule has 1 atom stereocenters. The molecular formula is C23H30N4O4. The number of rotatable bonds is 6. The molecule has 1 aromatic carbocycles. The molecule has 3 rings (SSSR count). The summed E-state index contributed by atoms with van der Waals surface area (Å²) in [6.07, 6.45) is 4.17. The van der Waals surface area contributed by atoms with E-state index in [0.29, 0.717) is 24.3 Å². The Morgan fingerprint density at radius 3 is 2.58 bits per heavy atom. The Balaban J connectivity index is 1.98. The van der Waals surface area contributed by atoms with E-state index in [1.54, 1.807) is 34.5 Å². The lowest BCUT2D eigenvalue weighted by Crippen LogP contribution is -2.51. The summed E-state index contributed by atoms with van der Waals surface area (Å²) < 4.78 is 7.06. The van der Waals surface area contributed by atoms with E-state index in [1.165, 1.54) is 6.92 Å². The number of hydrogen-bond acceptors (Lipinski definition) is 5. The van der Waals surface area contributed by atoms with Crippen LogP contribution < -0.4 is 9.80 Å². The SMILES string of the molecule is CCCC(=O)Cn1cc(-c2ccc3c(c2)N(C(=O)OC(C)C)C[C@H](C)N3C(C)=O)cn1. The lowest BCUT2D eigenvalue weighted by molar-refractivity contribution is -0.120. The smallest absolute Gasteiger partial charge is 0.414 e. The van der Waals surface area contributed by atoms with Gasteiger partial charge in [-0.1, -0.05) is 13.0 Å². The topological polar surface area (TPSA) is 84.7 Å². The summed E-state index contributed by atoms with van der Waals surface area (Å²) in [5.74, 6) is 0.0527. The van der Waals surface area contributed by atoms with Crippen LogP contribution in [0.1, 0.15) is 47.5 Å². The molecule has 2 aromatic rings. The van der Waals surface area contributed by atoms with Gasteiger partial charge in [0.2, 0.25) is 5.91 Å². The van der Waals surface area contributed by atoms with Crippen LogP contribution in [0.2, 0.25) is 0 Å². The van der Waals surface area contributed by atoms with Gasteiger partial charge < -0.3 is 9.64 Å². The molecule has 0 fully saturated rings. The van der Waals surface area contributed by atoms with E-state index in [-0.39, 0.29) is 30.4 Å². The van der Waals surface area contributed by atoms with Crippen molar-refractivity contribution in [1.82, 2.24) is 9.78 Å². The van der Waals surface area contributed by atoms with Crippen molar-refractivity contribution in [1.29, 1.82) is 0 Å². The molecule has 8 heteroatoms. The van der Waals surface area contributed by atoms with E-state index >= 15 is 0 Å². The molecule has 1 aliphatic heterocycles. The van der Waals surface area contributed by atoms with Gasteiger partial charge >= 0.3 is 6.09 Å². The summed E-state index contributed by atoms with van der Waals surface area (Å²) in [5.41, 5.74) is 2.96. The number of fused-ring (bicyclic) bond motifs is 1. The zero-order valence-corrected chi connectivity index (χ0v) is 18.8. The van der Waals surface area contributed by atoms with Crippen LogP contribution in [0.4, 0.5) is 16.2 Å². The Morgan fingerprint density at radius 1 is 1.19 bits per heavy atom. The van der Waals surface area contributed by atoms with Gasteiger partial charge in [-0.2, -0.15) is 5.10 Å². The third-order valence-electron chi connectivity index (χ3n) is 5.14. The first kappa shape index (κ1) is 22.5. The van der Waals surface area contributed by atoms with Crippen molar-refractivity contribution >= 4 is 29.2 Å². The fourth-order valence-electron chi connectivity index (χ4n) is 3.86. The van der Waals surface area contributed by atoms with Gasteiger partial charge in [-0.25, -0.2) is 4.79 Å². The van der Waals surface area contributed by atoms with Gasteiger partial charge in [0.1, 0.15) is 0 Å². The Hall–Kier alpha value is -3.16. The van der Waals surface area contributed by atoms with E-state index in [0.717, 1.165) is 17.5 Å². The molecule has 31 heavy (non-hydrogen) atoms. The molecule has 2 heterocycles. The average Bonchev–Trinajstić information content (AvgIpc) is 3.14. The molecule has 2 amide bonds. The van der Waals surface area contributed by atoms with E-state index in [2.05, 4.69) is 5.10 Å². The lowest BCUT2D eigenvalue weighted by Gasteiger charge is -2.40. The first-order chi connectivity index (χ1) is 14.7. The molecule has 1 aliphatic rings. The number of ether oxygens (including phenoxy) is 1. The first-order valence-electron chi connectivity index (χ1n) is 10.7. The fraction of sp³-hybridized carbons (Fsp3) is 0.478. The second-order valence-electron chi connectivity index (χ2n) is 8.20. The van der Waals surface area contributed by atoms with E-state index in [9.17, 15) is 14.4 Å². The Kier molecular flexibility index (Phi) is 6.77. The van der Waals surface area contributed by atoms with Crippen molar-refractivity contribution in [2.45, 2.75) is 66.2 Å². The highest BCUT2D eigenvalue weighted by Gasteiger charge is 2.34. The number of carbonyl (C=O) groups excluding carboxylic acids is 3. The number of ketones is 1. The Morgan fingerprint density at radius 2 is 1.94 bits per heavy atom. The summed E-state index contributed by atoms with van der Waals surface area (Å²) in [6, 6.07) is 5.43. The van der Waals surface area contributed by atoms with Gasteiger partial charge in [0.15, 0.2) is 5.78 Å². The summed E-state index contributed by atoms with van der Waals surface area (Å²) in [6.45, 7) is 9.59. The third-order valence-corrected chi connectivity index (χ3v) is 5.14. The molecular weight excluding hydrogens is 396 g/mol. The van der Waals surface area contributed by atoms with Crippen LogP contribution in [0.5, 0.6) is 0 Å². The maximum absolute atomic E-state index is 12.8. The molecule has 166 valence electrons. The number of carbonyl (C=O) groups is 3. The van der Waals surface area contributed by atoms with Gasteiger partial charge in [0.05, 0.1) is 36.3 Å². The minimum absolute atomic E-state index is 0.0827. The van der Waals surface area contributed by atoms with E-state index in [1.807, 2.05) is 38.2 Å². The van der Waals surface area contributed by atoms with Gasteiger partial charge in [0.25, 0.3) is 0 Å². The third kappa shape index (κ3) is 4.95. The number of Topliss-reactive ketones (excluding diaryl/α,β-unsaturated/α-hetero) is 1. The molecule has 0 unspecified atom stereocenters. The normalized spacial score (nSPS) is 15.7. The maximum Gasteiger partial charge on any atom is 0.414 e. The number of anilines is 2. The fourth-order valence-corrected chi connectivity index (χ4v) is 3.86. The molecule has 0 saturated heterocycles. The Bertz CT molecular complexity index is 982. The zero-order chi connectivity index (χ0) is 22.7. The number of amides is 2. The Labute approximate surface area is 182 Å². The standard InChI is InChI=1S/C23H30N4O4/c1-6-7-20(29)14-25-13-19(11-24-25)18-8-9-21-22(10-18)26(23(30)31-15(2)3)12-16(4)27(21)17(5)28/h8-11,13,15-16H,6-7,12,14H2,1-5H3/t16-/m0/s1. The first-order valence-corrected chi connectivity index (χ1v) is 10.7. The van der Waals surface area contributed by atoms with Crippen molar-refractivity contribution in [2.75, 3.05) is 16.3 Å². The van der Waals surface area contributed by atoms with Crippen LogP contribution >= 0.6 is 0 Å². The number of benzene rings is 1. The molecule has 0 spiro atoms. The molecule has 0 saturated carbocycles. The quantitative estimate of drug-likeness (QED) is 0.696. The number of aromatic nitrogens is 2. The van der Waals surface area contributed by atoms with E-state index < -0.39 is 6.09 Å². The maximum atomic E-state index is 12.8. The largest absolute Gasteiger partial charge is 0.446 e. The summed E-state index contributed by atoms with van der Waals surface area (Å²) in [7, 11) is 0. The lowest BCUT2D eigenvalue weighted by atomic mass is 10.0. The van der Waals surface area contributed by atoms with Crippen LogP contribution in [0, 0.1) is 0 Å². The van der Waals surface area contributed by atoms with E-state index in [4.69, 9.17) is 4.74 Å². The van der Waals surface area contributed by atoms with Crippen LogP contribution in [0.15, 0.2) is 30.6 Å². The van der Waals surface area contributed by atoms with Crippen LogP contribution in [-0.4, -0.2) is 46.3 Å². The van der Waals surface area contributed by atoms with Crippen molar-refractivity contribution in [3.63, 3.8) is 0 Å². The summed E-state index contributed by atoms with van der Waals surface area (Å²) in [5, 5.41) is 4.30. The molecule has 0 radical (unpaired) electrons. The van der Waals surface area contributed by atoms with Crippen molar-refractivity contribution in [3.8, 4) is 11.1 Å². The van der Waals surface area contributed by atoms with Crippen LogP contribution in [-0.2, 0) is 20.9 Å². The second-order valence-corrected chi connectivity index (χ2v) is 8.20. The highest BCUT2D eigenvalue weighted by Crippen LogP contribution is 2.39. The average molecular weight is 427 g/mol. The van der Waals surface area contributed by atoms with Gasteiger partial charge in [-0.15, -0.1) is 0 Å². The second kappa shape index (κ2) is 9.32. The molecule has 0 N–H and O–H groups in total. The highest BCUT2D eigenvalue weighted by molar-refractivity contribution is 6.03. The van der Waals surface area contributed by atoms with Crippen molar-refractivity contribution < 1.29 is 19.1 Å². The number of nitrogens with zero attached hydrogens (tertiary/aromatic N) is 4. The highest BCUT2D eigenvalue weighted by atomic mass is 16.6.